The molecule has 134 valence electrons. The van der Waals surface area contributed by atoms with Gasteiger partial charge in [-0.1, -0.05) is 19.9 Å². The normalized spacial score (nSPS) is 10.4. The maximum absolute atomic E-state index is 11.5. The Bertz CT molecular complexity index is 686. The molecular weight excluding hydrogens is 429 g/mol. The van der Waals surface area contributed by atoms with Crippen molar-refractivity contribution < 1.29 is 14.3 Å². The van der Waals surface area contributed by atoms with Gasteiger partial charge in [-0.25, -0.2) is 0 Å². The van der Waals surface area contributed by atoms with Crippen LogP contribution in [0.3, 0.4) is 0 Å². The van der Waals surface area contributed by atoms with Crippen LogP contribution in [0.25, 0.3) is 0 Å². The standard InChI is InChI=1S/C20H24INO3/c1-3-5-20(23)25-18-10-8-17(9-11-18)22-14-15-6-7-16(21)13-19(15)24-12-4-2/h6-11,13,22H,3-5,12,14H2,1-2H3. The molecule has 0 saturated carbocycles. The number of carbonyl (C=O) groups excluding carboxylic acids is 1. The number of nitrogens with one attached hydrogen (secondary N) is 1. The molecule has 0 amide bonds. The van der Waals surface area contributed by atoms with Crippen molar-refractivity contribution in [2.24, 2.45) is 0 Å². The van der Waals surface area contributed by atoms with Crippen molar-refractivity contribution >= 4 is 34.2 Å². The highest BCUT2D eigenvalue weighted by atomic mass is 127. The van der Waals surface area contributed by atoms with Gasteiger partial charge in [0.2, 0.25) is 0 Å². The third kappa shape index (κ3) is 6.57. The number of esters is 1. The van der Waals surface area contributed by atoms with Gasteiger partial charge in [-0.3, -0.25) is 4.79 Å². The van der Waals surface area contributed by atoms with Gasteiger partial charge >= 0.3 is 5.97 Å². The van der Waals surface area contributed by atoms with E-state index in [-0.39, 0.29) is 5.97 Å². The van der Waals surface area contributed by atoms with E-state index in [4.69, 9.17) is 9.47 Å². The van der Waals surface area contributed by atoms with Crippen molar-refractivity contribution in [3.63, 3.8) is 0 Å². The van der Waals surface area contributed by atoms with Crippen molar-refractivity contribution in [2.75, 3.05) is 11.9 Å². The number of benzene rings is 2. The first-order valence-electron chi connectivity index (χ1n) is 8.58. The lowest BCUT2D eigenvalue weighted by Crippen LogP contribution is -2.07. The van der Waals surface area contributed by atoms with Crippen LogP contribution in [0.15, 0.2) is 42.5 Å². The number of hydrogen-bond acceptors (Lipinski definition) is 4. The molecule has 0 aliphatic heterocycles. The van der Waals surface area contributed by atoms with Gasteiger partial charge in [0.1, 0.15) is 11.5 Å². The molecule has 0 heterocycles. The third-order valence-corrected chi connectivity index (χ3v) is 4.18. The molecule has 0 aromatic heterocycles. The van der Waals surface area contributed by atoms with E-state index in [2.05, 4.69) is 53.0 Å². The van der Waals surface area contributed by atoms with Crippen LogP contribution in [0.5, 0.6) is 11.5 Å². The number of ether oxygens (including phenoxy) is 2. The average Bonchev–Trinajstić information content (AvgIpc) is 2.60. The maximum atomic E-state index is 11.5. The molecule has 0 bridgehead atoms. The third-order valence-electron chi connectivity index (χ3n) is 3.51. The minimum atomic E-state index is -0.195. The molecule has 0 unspecified atom stereocenters. The van der Waals surface area contributed by atoms with Crippen molar-refractivity contribution in [3.05, 3.63) is 51.6 Å². The van der Waals surface area contributed by atoms with Gasteiger partial charge in [-0.15, -0.1) is 0 Å². The second-order valence-electron chi connectivity index (χ2n) is 5.70. The van der Waals surface area contributed by atoms with Gasteiger partial charge < -0.3 is 14.8 Å². The first-order valence-corrected chi connectivity index (χ1v) is 9.66. The highest BCUT2D eigenvalue weighted by Crippen LogP contribution is 2.24. The number of hydrogen-bond donors (Lipinski definition) is 1. The minimum Gasteiger partial charge on any atom is -0.493 e. The minimum absolute atomic E-state index is 0.195. The van der Waals surface area contributed by atoms with Crippen molar-refractivity contribution in [3.8, 4) is 11.5 Å². The Hall–Kier alpha value is -1.76. The Morgan fingerprint density at radius 3 is 2.52 bits per heavy atom. The summed E-state index contributed by atoms with van der Waals surface area (Å²) in [6.45, 7) is 5.44. The van der Waals surface area contributed by atoms with Gasteiger partial charge in [0.05, 0.1) is 6.61 Å². The highest BCUT2D eigenvalue weighted by Gasteiger charge is 2.06. The van der Waals surface area contributed by atoms with Gasteiger partial charge in [0, 0.05) is 27.8 Å². The van der Waals surface area contributed by atoms with E-state index in [0.717, 1.165) is 33.4 Å². The van der Waals surface area contributed by atoms with E-state index in [1.165, 1.54) is 0 Å². The van der Waals surface area contributed by atoms with E-state index in [9.17, 15) is 4.79 Å². The fourth-order valence-corrected chi connectivity index (χ4v) is 2.71. The molecule has 2 aromatic carbocycles. The number of anilines is 1. The zero-order valence-corrected chi connectivity index (χ0v) is 16.8. The molecule has 4 nitrogen and oxygen atoms in total. The summed E-state index contributed by atoms with van der Waals surface area (Å²) >= 11 is 2.29. The zero-order valence-electron chi connectivity index (χ0n) is 14.7. The topological polar surface area (TPSA) is 47.6 Å². The number of rotatable bonds is 9. The Kier molecular flexibility index (Phi) is 8.04. The molecule has 1 N–H and O–H groups in total. The quantitative estimate of drug-likeness (QED) is 0.314. The lowest BCUT2D eigenvalue weighted by molar-refractivity contribution is -0.134. The lowest BCUT2D eigenvalue weighted by atomic mass is 10.2. The molecule has 5 heteroatoms. The van der Waals surface area contributed by atoms with E-state index in [1.54, 1.807) is 12.1 Å². The smallest absolute Gasteiger partial charge is 0.311 e. The summed E-state index contributed by atoms with van der Waals surface area (Å²) in [6, 6.07) is 13.6. The molecule has 25 heavy (non-hydrogen) atoms. The molecular formula is C20H24INO3. The second kappa shape index (κ2) is 10.3. The summed E-state index contributed by atoms with van der Waals surface area (Å²) in [5.41, 5.74) is 2.09. The van der Waals surface area contributed by atoms with Crippen LogP contribution < -0.4 is 14.8 Å². The molecule has 0 saturated heterocycles. The Labute approximate surface area is 163 Å². The van der Waals surface area contributed by atoms with E-state index >= 15 is 0 Å². The summed E-state index contributed by atoms with van der Waals surface area (Å²) in [6.07, 6.45) is 2.21. The van der Waals surface area contributed by atoms with Crippen molar-refractivity contribution in [1.29, 1.82) is 0 Å². The van der Waals surface area contributed by atoms with Crippen LogP contribution in [0, 0.1) is 3.57 Å². The average molecular weight is 453 g/mol. The van der Waals surface area contributed by atoms with Crippen molar-refractivity contribution in [2.45, 2.75) is 39.7 Å². The Morgan fingerprint density at radius 2 is 1.84 bits per heavy atom. The van der Waals surface area contributed by atoms with Crippen LogP contribution in [0.4, 0.5) is 5.69 Å². The predicted molar refractivity (Wildman–Crippen MR) is 109 cm³/mol. The van der Waals surface area contributed by atoms with Gasteiger partial charge in [0.25, 0.3) is 0 Å². The molecule has 0 atom stereocenters. The molecule has 0 radical (unpaired) electrons. The monoisotopic (exact) mass is 453 g/mol. The molecule has 0 aliphatic rings. The Morgan fingerprint density at radius 1 is 1.08 bits per heavy atom. The second-order valence-corrected chi connectivity index (χ2v) is 6.95. The zero-order chi connectivity index (χ0) is 18.1. The molecule has 2 aromatic rings. The first-order chi connectivity index (χ1) is 12.1. The SMILES string of the molecule is CCCOc1cc(I)ccc1CNc1ccc(OC(=O)CCC)cc1. The number of halogens is 1. The van der Waals surface area contributed by atoms with Crippen LogP contribution in [-0.4, -0.2) is 12.6 Å². The van der Waals surface area contributed by atoms with Crippen LogP contribution in [-0.2, 0) is 11.3 Å². The largest absolute Gasteiger partial charge is 0.493 e. The summed E-state index contributed by atoms with van der Waals surface area (Å²) in [4.78, 5) is 11.5. The molecule has 0 fully saturated rings. The van der Waals surface area contributed by atoms with E-state index < -0.39 is 0 Å². The fourth-order valence-electron chi connectivity index (χ4n) is 2.25. The number of carbonyl (C=O) groups is 1. The molecule has 0 spiro atoms. The maximum Gasteiger partial charge on any atom is 0.311 e. The predicted octanol–water partition coefficient (Wildman–Crippen LogP) is 5.40. The van der Waals surface area contributed by atoms with Gasteiger partial charge in [-0.05, 0) is 71.8 Å². The van der Waals surface area contributed by atoms with Crippen molar-refractivity contribution in [1.82, 2.24) is 0 Å². The fraction of sp³-hybridized carbons (Fsp3) is 0.350. The van der Waals surface area contributed by atoms with Gasteiger partial charge in [0.15, 0.2) is 0 Å². The summed E-state index contributed by atoms with van der Waals surface area (Å²) in [5.74, 6) is 1.30. The first kappa shape index (κ1) is 19.6. The van der Waals surface area contributed by atoms with E-state index in [1.807, 2.05) is 19.1 Å². The summed E-state index contributed by atoms with van der Waals surface area (Å²) < 4.78 is 12.3. The van der Waals surface area contributed by atoms with Crippen LogP contribution >= 0.6 is 22.6 Å². The van der Waals surface area contributed by atoms with Crippen LogP contribution in [0.1, 0.15) is 38.7 Å². The molecule has 2 rings (SSSR count). The summed E-state index contributed by atoms with van der Waals surface area (Å²) in [5, 5.41) is 3.38. The van der Waals surface area contributed by atoms with E-state index in [0.29, 0.717) is 25.3 Å². The summed E-state index contributed by atoms with van der Waals surface area (Å²) in [7, 11) is 0. The van der Waals surface area contributed by atoms with Gasteiger partial charge in [-0.2, -0.15) is 0 Å². The lowest BCUT2D eigenvalue weighted by Gasteiger charge is -2.13. The Balaban J connectivity index is 1.96. The van der Waals surface area contributed by atoms with Crippen LogP contribution in [0.2, 0.25) is 0 Å². The molecule has 0 aliphatic carbocycles. The highest BCUT2D eigenvalue weighted by molar-refractivity contribution is 14.1.